The molecule has 1 aromatic carbocycles. The summed E-state index contributed by atoms with van der Waals surface area (Å²) in [6, 6.07) is 13.3. The van der Waals surface area contributed by atoms with Gasteiger partial charge in [0.15, 0.2) is 5.78 Å². The fraction of sp³-hybridized carbons (Fsp3) is 0.381. The lowest BCUT2D eigenvalue weighted by Crippen LogP contribution is -1.99. The topological polar surface area (TPSA) is 47.3 Å². The van der Waals surface area contributed by atoms with Crippen molar-refractivity contribution in [3.05, 3.63) is 64.7 Å². The summed E-state index contributed by atoms with van der Waals surface area (Å²) in [5.74, 6) is 1.21. The van der Waals surface area contributed by atoms with E-state index in [2.05, 4.69) is 10.1 Å². The Morgan fingerprint density at radius 1 is 1.00 bits per heavy atom. The molecule has 2 heterocycles. The van der Waals surface area contributed by atoms with Crippen LogP contribution in [0.5, 0.6) is 0 Å². The molecule has 0 bridgehead atoms. The van der Waals surface area contributed by atoms with Crippen molar-refractivity contribution in [3.63, 3.8) is 0 Å². The van der Waals surface area contributed by atoms with E-state index in [-0.39, 0.29) is 5.78 Å². The van der Waals surface area contributed by atoms with Crippen molar-refractivity contribution in [1.29, 1.82) is 0 Å². The lowest BCUT2D eigenvalue weighted by Gasteiger charge is -2.03. The third-order valence-corrected chi connectivity index (χ3v) is 4.82. The van der Waals surface area contributed by atoms with Crippen molar-refractivity contribution in [2.45, 2.75) is 51.9 Å². The molecule has 0 N–H and O–H groups in total. The van der Waals surface area contributed by atoms with E-state index in [0.29, 0.717) is 11.6 Å². The number of Topliss-reactive ketones (excluding diaryl/α,β-unsaturated/α-hetero) is 1. The van der Waals surface area contributed by atoms with E-state index in [1.807, 2.05) is 47.8 Å². The second-order valence-corrected chi connectivity index (χ2v) is 7.01. The number of imidazole rings is 1. The summed E-state index contributed by atoms with van der Waals surface area (Å²) < 4.78 is 1.86. The van der Waals surface area contributed by atoms with Gasteiger partial charge in [-0.05, 0) is 31.9 Å². The number of ketones is 1. The first-order valence-electron chi connectivity index (χ1n) is 9.24. The Morgan fingerprint density at radius 2 is 1.73 bits per heavy atom. The molecule has 136 valence electrons. The van der Waals surface area contributed by atoms with Gasteiger partial charge in [0.1, 0.15) is 11.0 Å². The van der Waals surface area contributed by atoms with Gasteiger partial charge in [-0.15, -0.1) is 0 Å². The van der Waals surface area contributed by atoms with Crippen LogP contribution in [0.25, 0.3) is 5.52 Å². The maximum atomic E-state index is 12.0. The molecular formula is C21H24ClN3O. The molecule has 0 saturated carbocycles. The number of halogens is 1. The molecule has 0 saturated heterocycles. The zero-order chi connectivity index (χ0) is 18.4. The van der Waals surface area contributed by atoms with Crippen LogP contribution in [0, 0.1) is 6.92 Å². The summed E-state index contributed by atoms with van der Waals surface area (Å²) in [5.41, 5.74) is 2.83. The Hall–Kier alpha value is -2.20. The number of hydrogen-bond donors (Lipinski definition) is 0. The minimum Gasteiger partial charge on any atom is -0.294 e. The predicted molar refractivity (Wildman–Crippen MR) is 105 cm³/mol. The molecule has 3 rings (SSSR count). The number of rotatable bonds is 9. The fourth-order valence-electron chi connectivity index (χ4n) is 3.20. The minimum atomic E-state index is 0.243. The average Bonchev–Trinajstić information content (AvgIpc) is 2.96. The van der Waals surface area contributed by atoms with Crippen LogP contribution < -0.4 is 0 Å². The first kappa shape index (κ1) is 18.6. The van der Waals surface area contributed by atoms with Gasteiger partial charge in [-0.25, -0.2) is 9.50 Å². The molecule has 0 spiro atoms. The van der Waals surface area contributed by atoms with Gasteiger partial charge < -0.3 is 0 Å². The van der Waals surface area contributed by atoms with Crippen LogP contribution >= 0.6 is 11.6 Å². The molecule has 3 aromatic rings. The maximum absolute atomic E-state index is 12.0. The number of hydrogen-bond acceptors (Lipinski definition) is 3. The van der Waals surface area contributed by atoms with Crippen molar-refractivity contribution >= 4 is 22.9 Å². The SMILES string of the molecule is Cc1nc(CCCCCCCC(=O)c2ccccc2)n2nc(Cl)ccc12. The smallest absolute Gasteiger partial charge is 0.162 e. The van der Waals surface area contributed by atoms with Gasteiger partial charge >= 0.3 is 0 Å². The largest absolute Gasteiger partial charge is 0.294 e. The Labute approximate surface area is 159 Å². The summed E-state index contributed by atoms with van der Waals surface area (Å²) in [7, 11) is 0. The van der Waals surface area contributed by atoms with Crippen molar-refractivity contribution in [3.8, 4) is 0 Å². The van der Waals surface area contributed by atoms with E-state index in [4.69, 9.17) is 11.6 Å². The summed E-state index contributed by atoms with van der Waals surface area (Å²) in [5, 5.41) is 4.84. The predicted octanol–water partition coefficient (Wildman–Crippen LogP) is 5.46. The van der Waals surface area contributed by atoms with Crippen LogP contribution in [0.4, 0.5) is 0 Å². The molecule has 0 aliphatic heterocycles. The van der Waals surface area contributed by atoms with Crippen LogP contribution in [-0.4, -0.2) is 20.4 Å². The van der Waals surface area contributed by atoms with E-state index in [9.17, 15) is 4.79 Å². The van der Waals surface area contributed by atoms with E-state index >= 15 is 0 Å². The number of nitrogens with zero attached hydrogens (tertiary/aromatic N) is 3. The fourth-order valence-corrected chi connectivity index (χ4v) is 3.34. The zero-order valence-electron chi connectivity index (χ0n) is 15.1. The lowest BCUT2D eigenvalue weighted by molar-refractivity contribution is 0.0979. The molecule has 0 fully saturated rings. The van der Waals surface area contributed by atoms with Crippen LogP contribution in [-0.2, 0) is 6.42 Å². The molecule has 4 nitrogen and oxygen atoms in total. The summed E-state index contributed by atoms with van der Waals surface area (Å²) in [4.78, 5) is 16.7. The Balaban J connectivity index is 1.37. The molecule has 5 heteroatoms. The first-order valence-corrected chi connectivity index (χ1v) is 9.62. The average molecular weight is 370 g/mol. The Morgan fingerprint density at radius 3 is 2.54 bits per heavy atom. The lowest BCUT2D eigenvalue weighted by atomic mass is 10.0. The van der Waals surface area contributed by atoms with Crippen molar-refractivity contribution in [2.75, 3.05) is 0 Å². The highest BCUT2D eigenvalue weighted by molar-refractivity contribution is 6.29. The Kier molecular flexibility index (Phi) is 6.40. The van der Waals surface area contributed by atoms with Gasteiger partial charge in [0.2, 0.25) is 0 Å². The van der Waals surface area contributed by atoms with E-state index in [0.717, 1.165) is 61.1 Å². The zero-order valence-corrected chi connectivity index (χ0v) is 15.9. The molecule has 0 amide bonds. The van der Waals surface area contributed by atoms with Gasteiger partial charge in [-0.1, -0.05) is 61.2 Å². The second kappa shape index (κ2) is 8.95. The van der Waals surface area contributed by atoms with Crippen LogP contribution in [0.15, 0.2) is 42.5 Å². The normalized spacial score (nSPS) is 11.2. The number of fused-ring (bicyclic) bond motifs is 1. The summed E-state index contributed by atoms with van der Waals surface area (Å²) in [6.07, 6.45) is 6.91. The first-order chi connectivity index (χ1) is 12.6. The number of unbranched alkanes of at least 4 members (excludes halogenated alkanes) is 4. The van der Waals surface area contributed by atoms with Crippen LogP contribution in [0.1, 0.15) is 60.4 Å². The van der Waals surface area contributed by atoms with Gasteiger partial charge in [0.05, 0.1) is 11.2 Å². The molecule has 0 unspecified atom stereocenters. The van der Waals surface area contributed by atoms with Gasteiger partial charge in [0.25, 0.3) is 0 Å². The highest BCUT2D eigenvalue weighted by Gasteiger charge is 2.09. The maximum Gasteiger partial charge on any atom is 0.162 e. The molecule has 0 aliphatic rings. The number of carbonyl (C=O) groups is 1. The monoisotopic (exact) mass is 369 g/mol. The van der Waals surface area contributed by atoms with E-state index in [1.54, 1.807) is 6.07 Å². The highest BCUT2D eigenvalue weighted by Crippen LogP contribution is 2.16. The number of carbonyl (C=O) groups excluding carboxylic acids is 1. The van der Waals surface area contributed by atoms with Crippen molar-refractivity contribution in [1.82, 2.24) is 14.6 Å². The van der Waals surface area contributed by atoms with Crippen LogP contribution in [0.2, 0.25) is 5.15 Å². The number of aryl methyl sites for hydroxylation is 2. The minimum absolute atomic E-state index is 0.243. The van der Waals surface area contributed by atoms with Gasteiger partial charge in [-0.3, -0.25) is 4.79 Å². The molecule has 0 atom stereocenters. The number of benzene rings is 1. The summed E-state index contributed by atoms with van der Waals surface area (Å²) in [6.45, 7) is 2.00. The van der Waals surface area contributed by atoms with Crippen molar-refractivity contribution in [2.24, 2.45) is 0 Å². The third-order valence-electron chi connectivity index (χ3n) is 4.61. The van der Waals surface area contributed by atoms with Gasteiger partial charge in [-0.2, -0.15) is 5.10 Å². The highest BCUT2D eigenvalue weighted by atomic mass is 35.5. The standard InChI is InChI=1S/C21H24ClN3O/c1-16-18-14-15-20(22)24-25(18)21(23-16)13-9-4-2-3-8-12-19(26)17-10-6-5-7-11-17/h5-7,10-11,14-15H,2-4,8-9,12-13H2,1H3. The molecular weight excluding hydrogens is 346 g/mol. The third kappa shape index (κ3) is 4.70. The molecule has 0 radical (unpaired) electrons. The molecule has 0 aliphatic carbocycles. The van der Waals surface area contributed by atoms with Crippen molar-refractivity contribution < 1.29 is 4.79 Å². The molecule has 2 aromatic heterocycles. The van der Waals surface area contributed by atoms with Gasteiger partial charge in [0, 0.05) is 18.4 Å². The Bertz CT molecular complexity index is 874. The number of aromatic nitrogens is 3. The van der Waals surface area contributed by atoms with E-state index in [1.165, 1.54) is 0 Å². The second-order valence-electron chi connectivity index (χ2n) is 6.62. The molecule has 26 heavy (non-hydrogen) atoms. The quantitative estimate of drug-likeness (QED) is 0.372. The summed E-state index contributed by atoms with van der Waals surface area (Å²) >= 11 is 6.00. The van der Waals surface area contributed by atoms with E-state index < -0.39 is 0 Å². The van der Waals surface area contributed by atoms with Crippen LogP contribution in [0.3, 0.4) is 0 Å².